The zero-order valence-electron chi connectivity index (χ0n) is 15.7. The first-order chi connectivity index (χ1) is 13.2. The minimum absolute atomic E-state index is 0.257. The molecule has 6 heteroatoms. The molecule has 2 aromatic rings. The van der Waals surface area contributed by atoms with E-state index in [0.29, 0.717) is 18.4 Å². The lowest BCUT2D eigenvalue weighted by atomic mass is 10.0. The summed E-state index contributed by atoms with van der Waals surface area (Å²) in [7, 11) is 0. The van der Waals surface area contributed by atoms with Crippen LogP contribution in [0.5, 0.6) is 5.75 Å². The van der Waals surface area contributed by atoms with Gasteiger partial charge in [0.05, 0.1) is 12.3 Å². The number of fused-ring (bicyclic) bond motifs is 2. The Hall–Kier alpha value is -2.60. The Morgan fingerprint density at radius 2 is 2.15 bits per heavy atom. The van der Waals surface area contributed by atoms with Gasteiger partial charge in [-0.2, -0.15) is 5.10 Å². The maximum Gasteiger partial charge on any atom is 0.154 e. The van der Waals surface area contributed by atoms with Crippen LogP contribution in [-0.4, -0.2) is 40.5 Å². The third-order valence-corrected chi connectivity index (χ3v) is 5.59. The van der Waals surface area contributed by atoms with Crippen molar-refractivity contribution in [3.63, 3.8) is 0 Å². The first kappa shape index (κ1) is 17.8. The minimum Gasteiger partial charge on any atom is -0.488 e. The van der Waals surface area contributed by atoms with Crippen LogP contribution in [0.3, 0.4) is 0 Å². The van der Waals surface area contributed by atoms with E-state index in [1.807, 2.05) is 22.9 Å². The van der Waals surface area contributed by atoms with E-state index in [2.05, 4.69) is 35.5 Å². The number of aryl methyl sites for hydroxylation is 1. The van der Waals surface area contributed by atoms with Crippen molar-refractivity contribution in [2.75, 3.05) is 25.1 Å². The molecule has 0 bridgehead atoms. The van der Waals surface area contributed by atoms with Crippen LogP contribution in [-0.2, 0) is 4.74 Å². The molecule has 27 heavy (non-hydrogen) atoms. The lowest BCUT2D eigenvalue weighted by molar-refractivity contribution is 0.137. The van der Waals surface area contributed by atoms with Gasteiger partial charge in [-0.25, -0.2) is 9.50 Å². The molecule has 4 rings (SSSR count). The summed E-state index contributed by atoms with van der Waals surface area (Å²) in [6.07, 6.45) is 11.4. The van der Waals surface area contributed by atoms with Crippen molar-refractivity contribution in [1.82, 2.24) is 14.6 Å². The molecule has 0 aromatic carbocycles. The maximum atomic E-state index is 6.36. The number of nitrogens with zero attached hydrogens (tertiary/aromatic N) is 3. The maximum absolute atomic E-state index is 6.36. The Labute approximate surface area is 159 Å². The number of allylic oxidation sites excluding steroid dienone is 2. The fraction of sp³-hybridized carbons (Fsp3) is 0.429. The van der Waals surface area contributed by atoms with Gasteiger partial charge < -0.3 is 14.8 Å². The van der Waals surface area contributed by atoms with Crippen LogP contribution < -0.4 is 10.1 Å². The van der Waals surface area contributed by atoms with Gasteiger partial charge in [0.2, 0.25) is 0 Å². The summed E-state index contributed by atoms with van der Waals surface area (Å²) in [4.78, 5) is 4.42. The summed E-state index contributed by atoms with van der Waals surface area (Å²) in [5.41, 5.74) is 3.04. The van der Waals surface area contributed by atoms with Crippen molar-refractivity contribution in [3.8, 4) is 5.75 Å². The van der Waals surface area contributed by atoms with E-state index in [4.69, 9.17) is 9.47 Å². The Bertz CT molecular complexity index is 874. The van der Waals surface area contributed by atoms with Crippen molar-refractivity contribution in [2.45, 2.75) is 25.9 Å². The van der Waals surface area contributed by atoms with Crippen LogP contribution in [0, 0.1) is 18.8 Å². The van der Waals surface area contributed by atoms with E-state index in [9.17, 15) is 0 Å². The SMILES string of the molecule is C=C/C=C(\C=C)CNc1ncnn2cc(OC3CC4COCC4C3)c(C)c12. The van der Waals surface area contributed by atoms with E-state index in [-0.39, 0.29) is 6.10 Å². The molecular formula is C21H26N4O2. The molecule has 2 aliphatic rings. The summed E-state index contributed by atoms with van der Waals surface area (Å²) >= 11 is 0. The second kappa shape index (κ2) is 7.56. The van der Waals surface area contributed by atoms with Crippen LogP contribution >= 0.6 is 0 Å². The van der Waals surface area contributed by atoms with E-state index < -0.39 is 0 Å². The fourth-order valence-electron chi connectivity index (χ4n) is 4.13. The van der Waals surface area contributed by atoms with E-state index in [1.54, 1.807) is 12.4 Å². The monoisotopic (exact) mass is 366 g/mol. The van der Waals surface area contributed by atoms with Gasteiger partial charge in [-0.05, 0) is 37.2 Å². The smallest absolute Gasteiger partial charge is 0.154 e. The van der Waals surface area contributed by atoms with Crippen molar-refractivity contribution in [3.05, 3.63) is 55.0 Å². The van der Waals surface area contributed by atoms with Gasteiger partial charge in [0.1, 0.15) is 17.6 Å². The summed E-state index contributed by atoms with van der Waals surface area (Å²) in [6.45, 7) is 12.0. The molecule has 2 fully saturated rings. The highest BCUT2D eigenvalue weighted by Gasteiger charge is 2.39. The predicted octanol–water partition coefficient (Wildman–Crippen LogP) is 3.55. The second-order valence-electron chi connectivity index (χ2n) is 7.32. The molecule has 0 spiro atoms. The minimum atomic E-state index is 0.257. The van der Waals surface area contributed by atoms with E-state index in [1.165, 1.54) is 0 Å². The highest BCUT2D eigenvalue weighted by molar-refractivity contribution is 5.75. The first-order valence-electron chi connectivity index (χ1n) is 9.44. The second-order valence-corrected chi connectivity index (χ2v) is 7.32. The largest absolute Gasteiger partial charge is 0.488 e. The molecule has 3 heterocycles. The lowest BCUT2D eigenvalue weighted by Crippen LogP contribution is -2.14. The topological polar surface area (TPSA) is 60.7 Å². The molecule has 0 amide bonds. The lowest BCUT2D eigenvalue weighted by Gasteiger charge is -2.14. The standard InChI is InChI=1S/C21H26N4O2/c1-4-6-15(5-2)9-22-21-20-14(3)19(10-25(20)24-13-23-21)27-18-7-16-11-26-12-17(16)8-18/h4-6,10,13,16-18H,1-2,7-9,11-12H2,3H3,(H,22,23,24)/b15-6+. The molecular weight excluding hydrogens is 340 g/mol. The Morgan fingerprint density at radius 3 is 2.85 bits per heavy atom. The number of rotatable bonds is 7. The van der Waals surface area contributed by atoms with Gasteiger partial charge in [-0.3, -0.25) is 0 Å². The summed E-state index contributed by atoms with van der Waals surface area (Å²) in [5.74, 6) is 2.97. The molecule has 0 radical (unpaired) electrons. The third kappa shape index (κ3) is 3.49. The van der Waals surface area contributed by atoms with Crippen LogP contribution in [0.15, 0.2) is 49.5 Å². The zero-order chi connectivity index (χ0) is 18.8. The summed E-state index contributed by atoms with van der Waals surface area (Å²) in [6, 6.07) is 0. The number of ether oxygens (including phenoxy) is 2. The summed E-state index contributed by atoms with van der Waals surface area (Å²) in [5, 5.41) is 7.73. The van der Waals surface area contributed by atoms with E-state index >= 15 is 0 Å². The van der Waals surface area contributed by atoms with Crippen molar-refractivity contribution in [2.24, 2.45) is 11.8 Å². The number of aromatic nitrogens is 3. The number of hydrogen-bond donors (Lipinski definition) is 1. The van der Waals surface area contributed by atoms with Gasteiger partial charge in [0.15, 0.2) is 5.82 Å². The van der Waals surface area contributed by atoms with Gasteiger partial charge in [-0.1, -0.05) is 31.4 Å². The van der Waals surface area contributed by atoms with Gasteiger partial charge in [0.25, 0.3) is 0 Å². The molecule has 1 saturated heterocycles. The third-order valence-electron chi connectivity index (χ3n) is 5.59. The molecule has 2 unspecified atom stereocenters. The van der Waals surface area contributed by atoms with Crippen LogP contribution in [0.4, 0.5) is 5.82 Å². The molecule has 1 saturated carbocycles. The van der Waals surface area contributed by atoms with E-state index in [0.717, 1.165) is 54.3 Å². The highest BCUT2D eigenvalue weighted by atomic mass is 16.5. The first-order valence-corrected chi connectivity index (χ1v) is 9.44. The quantitative estimate of drug-likeness (QED) is 0.760. The fourth-order valence-corrected chi connectivity index (χ4v) is 4.13. The zero-order valence-corrected chi connectivity index (χ0v) is 15.7. The number of anilines is 1. The molecule has 6 nitrogen and oxygen atoms in total. The highest BCUT2D eigenvalue weighted by Crippen LogP contribution is 2.39. The Morgan fingerprint density at radius 1 is 1.37 bits per heavy atom. The van der Waals surface area contributed by atoms with Crippen molar-refractivity contribution < 1.29 is 9.47 Å². The van der Waals surface area contributed by atoms with Gasteiger partial charge in [0, 0.05) is 25.3 Å². The number of hydrogen-bond acceptors (Lipinski definition) is 5. The number of nitrogens with one attached hydrogen (secondary N) is 1. The van der Waals surface area contributed by atoms with Crippen LogP contribution in [0.2, 0.25) is 0 Å². The average molecular weight is 366 g/mol. The average Bonchev–Trinajstić information content (AvgIpc) is 3.33. The molecule has 1 aliphatic carbocycles. The molecule has 142 valence electrons. The summed E-state index contributed by atoms with van der Waals surface area (Å²) < 4.78 is 13.8. The van der Waals surface area contributed by atoms with Gasteiger partial charge >= 0.3 is 0 Å². The van der Waals surface area contributed by atoms with Crippen LogP contribution in [0.25, 0.3) is 5.52 Å². The normalized spacial score (nSPS) is 24.8. The molecule has 2 aromatic heterocycles. The Kier molecular flexibility index (Phi) is 4.99. The molecule has 1 N–H and O–H groups in total. The molecule has 2 atom stereocenters. The molecule has 1 aliphatic heterocycles. The predicted molar refractivity (Wildman–Crippen MR) is 106 cm³/mol. The van der Waals surface area contributed by atoms with Crippen molar-refractivity contribution >= 4 is 11.3 Å². The van der Waals surface area contributed by atoms with Crippen LogP contribution in [0.1, 0.15) is 18.4 Å². The van der Waals surface area contributed by atoms with Crippen molar-refractivity contribution in [1.29, 1.82) is 0 Å². The Balaban J connectivity index is 1.54. The van der Waals surface area contributed by atoms with Gasteiger partial charge in [-0.15, -0.1) is 0 Å².